The van der Waals surface area contributed by atoms with Crippen molar-refractivity contribution in [2.75, 3.05) is 26.3 Å². The van der Waals surface area contributed by atoms with Gasteiger partial charge in [-0.2, -0.15) is 4.99 Å². The number of nitrogens with zero attached hydrogens (tertiary/aromatic N) is 2. The fourth-order valence-corrected chi connectivity index (χ4v) is 3.94. The van der Waals surface area contributed by atoms with Crippen molar-refractivity contribution < 1.29 is 18.7 Å². The lowest BCUT2D eigenvalue weighted by Crippen LogP contribution is -2.38. The summed E-state index contributed by atoms with van der Waals surface area (Å²) in [5.41, 5.74) is 0.697. The van der Waals surface area contributed by atoms with E-state index in [1.165, 1.54) is 36.0 Å². The Bertz CT molecular complexity index is 956. The van der Waals surface area contributed by atoms with Crippen LogP contribution in [0.15, 0.2) is 52.4 Å². The summed E-state index contributed by atoms with van der Waals surface area (Å²) in [6.45, 7) is 2.72. The first kappa shape index (κ1) is 19.0. The number of halogens is 2. The summed E-state index contributed by atoms with van der Waals surface area (Å²) in [7, 11) is 0. The van der Waals surface area contributed by atoms with Crippen molar-refractivity contribution in [3.05, 3.63) is 63.8 Å². The largest absolute Gasteiger partial charge is 0.457 e. The number of carbonyl (C=O) groups is 1. The Morgan fingerprint density at radius 2 is 1.86 bits per heavy atom. The van der Waals surface area contributed by atoms with Crippen LogP contribution < -0.4 is 4.74 Å². The van der Waals surface area contributed by atoms with E-state index in [9.17, 15) is 9.18 Å². The summed E-state index contributed by atoms with van der Waals surface area (Å²) in [5.74, 6) is 0.432. The molecule has 0 atom stereocenters. The van der Waals surface area contributed by atoms with Gasteiger partial charge in [-0.3, -0.25) is 4.79 Å². The maximum atomic E-state index is 13.0. The number of ether oxygens (including phenoxy) is 2. The number of carbonyl (C=O) groups excluding carboxylic acids is 1. The normalized spacial score (nSPS) is 18.5. The molecule has 4 rings (SSSR count). The lowest BCUT2D eigenvalue weighted by Gasteiger charge is -2.27. The Morgan fingerprint density at radius 3 is 2.57 bits per heavy atom. The first-order valence-electron chi connectivity index (χ1n) is 8.67. The third kappa shape index (κ3) is 4.38. The first-order chi connectivity index (χ1) is 13.6. The van der Waals surface area contributed by atoms with Crippen molar-refractivity contribution in [1.82, 2.24) is 4.90 Å². The van der Waals surface area contributed by atoms with Crippen LogP contribution in [0.4, 0.5) is 4.39 Å². The number of amides is 1. The van der Waals surface area contributed by atoms with Crippen molar-refractivity contribution in [2.45, 2.75) is 0 Å². The van der Waals surface area contributed by atoms with E-state index in [4.69, 9.17) is 21.1 Å². The topological polar surface area (TPSA) is 51.1 Å². The summed E-state index contributed by atoms with van der Waals surface area (Å²) >= 11 is 7.71. The Balaban J connectivity index is 1.47. The molecule has 2 aliphatic heterocycles. The van der Waals surface area contributed by atoms with Gasteiger partial charge >= 0.3 is 0 Å². The molecule has 144 valence electrons. The van der Waals surface area contributed by atoms with Crippen molar-refractivity contribution in [2.24, 2.45) is 4.99 Å². The van der Waals surface area contributed by atoms with Gasteiger partial charge < -0.3 is 14.4 Å². The van der Waals surface area contributed by atoms with Gasteiger partial charge in [-0.25, -0.2) is 4.39 Å². The van der Waals surface area contributed by atoms with Crippen LogP contribution in [0.5, 0.6) is 11.5 Å². The standard InChI is InChI=1S/C20H16ClFN2O3S/c21-17-12-16(27-15-5-2-14(22)3-6-15)4-1-13(17)11-18-19(25)23-20(28-18)24-7-9-26-10-8-24/h1-6,11-12H,7-10H2/b18-11+. The van der Waals surface area contributed by atoms with Crippen LogP contribution in [0.2, 0.25) is 5.02 Å². The van der Waals surface area contributed by atoms with Crippen LogP contribution in [0, 0.1) is 5.82 Å². The number of rotatable bonds is 3. The van der Waals surface area contributed by atoms with Gasteiger partial charge in [0, 0.05) is 13.1 Å². The summed E-state index contributed by atoms with van der Waals surface area (Å²) in [6.07, 6.45) is 1.73. The van der Waals surface area contributed by atoms with Crippen LogP contribution in [0.25, 0.3) is 6.08 Å². The highest BCUT2D eigenvalue weighted by molar-refractivity contribution is 8.18. The fourth-order valence-electron chi connectivity index (χ4n) is 2.76. The smallest absolute Gasteiger partial charge is 0.286 e. The quantitative estimate of drug-likeness (QED) is 0.683. The molecule has 5 nitrogen and oxygen atoms in total. The molecule has 0 aliphatic carbocycles. The summed E-state index contributed by atoms with van der Waals surface area (Å²) < 4.78 is 24.0. The Morgan fingerprint density at radius 1 is 1.14 bits per heavy atom. The van der Waals surface area contributed by atoms with Crippen LogP contribution in [0.3, 0.4) is 0 Å². The molecule has 0 bridgehead atoms. The highest BCUT2D eigenvalue weighted by Crippen LogP contribution is 2.33. The Hall–Kier alpha value is -2.35. The number of morpholine rings is 1. The van der Waals surface area contributed by atoms with Gasteiger partial charge in [0.2, 0.25) is 0 Å². The molecule has 2 heterocycles. The lowest BCUT2D eigenvalue weighted by atomic mass is 10.2. The van der Waals surface area contributed by atoms with Crippen molar-refractivity contribution >= 4 is 40.5 Å². The van der Waals surface area contributed by atoms with Gasteiger partial charge in [-0.15, -0.1) is 0 Å². The number of hydrogen-bond donors (Lipinski definition) is 0. The number of amidine groups is 1. The molecule has 0 aromatic heterocycles. The summed E-state index contributed by atoms with van der Waals surface area (Å²) in [5, 5.41) is 1.15. The molecule has 2 aliphatic rings. The van der Waals surface area contributed by atoms with Gasteiger partial charge in [0.15, 0.2) is 5.17 Å². The second-order valence-corrected chi connectivity index (χ2v) is 7.57. The minimum Gasteiger partial charge on any atom is -0.457 e. The van der Waals surface area contributed by atoms with Crippen LogP contribution in [0.1, 0.15) is 5.56 Å². The van der Waals surface area contributed by atoms with E-state index < -0.39 is 0 Å². The van der Waals surface area contributed by atoms with E-state index in [0.29, 0.717) is 45.4 Å². The van der Waals surface area contributed by atoms with Crippen molar-refractivity contribution in [1.29, 1.82) is 0 Å². The molecule has 2 aromatic carbocycles. The van der Waals surface area contributed by atoms with E-state index in [0.717, 1.165) is 13.1 Å². The predicted molar refractivity (Wildman–Crippen MR) is 108 cm³/mol. The molecule has 2 aromatic rings. The van der Waals surface area contributed by atoms with Gasteiger partial charge in [-0.05, 0) is 65.9 Å². The highest BCUT2D eigenvalue weighted by Gasteiger charge is 2.27. The maximum Gasteiger partial charge on any atom is 0.286 e. The zero-order valence-corrected chi connectivity index (χ0v) is 16.3. The molecular formula is C20H16ClFN2O3S. The zero-order valence-electron chi connectivity index (χ0n) is 14.7. The summed E-state index contributed by atoms with van der Waals surface area (Å²) in [4.78, 5) is 19.0. The van der Waals surface area contributed by atoms with Crippen LogP contribution in [-0.4, -0.2) is 42.3 Å². The number of hydrogen-bond acceptors (Lipinski definition) is 5. The number of aliphatic imine (C=N–C) groups is 1. The second kappa shape index (κ2) is 8.34. The Labute approximate surface area is 170 Å². The fraction of sp³-hybridized carbons (Fsp3) is 0.200. The van der Waals surface area contributed by atoms with Gasteiger partial charge in [0.25, 0.3) is 5.91 Å². The average Bonchev–Trinajstić information content (AvgIpc) is 3.07. The van der Waals surface area contributed by atoms with E-state index in [1.807, 2.05) is 4.90 Å². The molecule has 0 N–H and O–H groups in total. The lowest BCUT2D eigenvalue weighted by molar-refractivity contribution is -0.113. The SMILES string of the molecule is O=C1N=C(N2CCOCC2)S/C1=C/c1ccc(Oc2ccc(F)cc2)cc1Cl. The molecule has 1 amide bonds. The molecule has 1 fully saturated rings. The third-order valence-electron chi connectivity index (χ3n) is 4.20. The number of thioether (sulfide) groups is 1. The van der Waals surface area contributed by atoms with E-state index >= 15 is 0 Å². The van der Waals surface area contributed by atoms with Crippen molar-refractivity contribution in [3.63, 3.8) is 0 Å². The summed E-state index contributed by atoms with van der Waals surface area (Å²) in [6, 6.07) is 10.9. The molecule has 8 heteroatoms. The first-order valence-corrected chi connectivity index (χ1v) is 9.86. The van der Waals surface area contributed by atoms with Gasteiger partial charge in [-0.1, -0.05) is 11.6 Å². The monoisotopic (exact) mass is 418 g/mol. The van der Waals surface area contributed by atoms with Gasteiger partial charge in [0.1, 0.15) is 17.3 Å². The van der Waals surface area contributed by atoms with Crippen molar-refractivity contribution in [3.8, 4) is 11.5 Å². The molecule has 0 spiro atoms. The highest BCUT2D eigenvalue weighted by atomic mass is 35.5. The minimum atomic E-state index is -0.329. The second-order valence-electron chi connectivity index (χ2n) is 6.15. The molecule has 0 unspecified atom stereocenters. The molecule has 28 heavy (non-hydrogen) atoms. The molecule has 1 saturated heterocycles. The minimum absolute atomic E-state index is 0.269. The van der Waals surface area contributed by atoms with E-state index in [-0.39, 0.29) is 11.7 Å². The molecule has 0 radical (unpaired) electrons. The zero-order chi connectivity index (χ0) is 19.5. The predicted octanol–water partition coefficient (Wildman–Crippen LogP) is 4.57. The van der Waals surface area contributed by atoms with Gasteiger partial charge in [0.05, 0.1) is 23.1 Å². The van der Waals surface area contributed by atoms with Crippen LogP contribution in [-0.2, 0) is 9.53 Å². The van der Waals surface area contributed by atoms with E-state index in [2.05, 4.69) is 4.99 Å². The number of benzene rings is 2. The molecule has 0 saturated carbocycles. The van der Waals surface area contributed by atoms with E-state index in [1.54, 1.807) is 24.3 Å². The Kier molecular flexibility index (Phi) is 5.66. The molecular weight excluding hydrogens is 403 g/mol. The third-order valence-corrected chi connectivity index (χ3v) is 5.57. The maximum absolute atomic E-state index is 13.0. The van der Waals surface area contributed by atoms with Crippen LogP contribution >= 0.6 is 23.4 Å². The average molecular weight is 419 g/mol.